The highest BCUT2D eigenvalue weighted by Crippen LogP contribution is 2.31. The molecule has 0 bridgehead atoms. The lowest BCUT2D eigenvalue weighted by Crippen LogP contribution is -2.12. The molecule has 2 heterocycles. The maximum atomic E-state index is 11.3. The lowest BCUT2D eigenvalue weighted by atomic mass is 9.98. The van der Waals surface area contributed by atoms with Gasteiger partial charge in [-0.15, -0.1) is 11.8 Å². The van der Waals surface area contributed by atoms with Gasteiger partial charge in [0.05, 0.1) is 24.6 Å². The number of nitrogens with zero attached hydrogens (tertiary/aromatic N) is 3. The third-order valence-electron chi connectivity index (χ3n) is 4.83. The summed E-state index contributed by atoms with van der Waals surface area (Å²) < 4.78 is 11.9. The van der Waals surface area contributed by atoms with E-state index in [9.17, 15) is 9.59 Å². The van der Waals surface area contributed by atoms with Crippen LogP contribution in [0.3, 0.4) is 0 Å². The minimum atomic E-state index is -0.380. The minimum Gasteiger partial charge on any atom is -0.464 e. The van der Waals surface area contributed by atoms with E-state index in [1.165, 1.54) is 0 Å². The number of aromatic nitrogens is 3. The van der Waals surface area contributed by atoms with E-state index in [4.69, 9.17) is 9.47 Å². The molecule has 0 aliphatic heterocycles. The second kappa shape index (κ2) is 11.4. The van der Waals surface area contributed by atoms with Crippen LogP contribution in [-0.4, -0.2) is 46.6 Å². The zero-order chi connectivity index (χ0) is 22.9. The van der Waals surface area contributed by atoms with E-state index in [2.05, 4.69) is 28.4 Å². The summed E-state index contributed by atoms with van der Waals surface area (Å²) >= 11 is 1.58. The fourth-order valence-corrected chi connectivity index (χ4v) is 3.72. The van der Waals surface area contributed by atoms with Crippen molar-refractivity contribution < 1.29 is 19.1 Å². The number of nitrogens with one attached hydrogen (secondary N) is 1. The van der Waals surface area contributed by atoms with Crippen molar-refractivity contribution in [2.45, 2.75) is 31.3 Å². The van der Waals surface area contributed by atoms with Crippen LogP contribution in [0, 0.1) is 0 Å². The summed E-state index contributed by atoms with van der Waals surface area (Å²) in [5.41, 5.74) is 3.67. The molecule has 3 aromatic rings. The first-order valence-corrected chi connectivity index (χ1v) is 11.4. The summed E-state index contributed by atoms with van der Waals surface area (Å²) in [5.74, 6) is 0.380. The fraction of sp³-hybridized carbons (Fsp3) is 0.304. The van der Waals surface area contributed by atoms with Gasteiger partial charge in [-0.05, 0) is 48.6 Å². The van der Waals surface area contributed by atoms with Gasteiger partial charge in [0.25, 0.3) is 0 Å². The van der Waals surface area contributed by atoms with Crippen molar-refractivity contribution in [3.8, 4) is 5.82 Å². The maximum Gasteiger partial charge on any atom is 0.332 e. The number of ether oxygens (including phenoxy) is 2. The van der Waals surface area contributed by atoms with Crippen molar-refractivity contribution in [3.05, 3.63) is 65.6 Å². The number of hydrogen-bond donors (Lipinski definition) is 1. The third kappa shape index (κ3) is 5.95. The molecule has 2 aromatic heterocycles. The number of carbonyl (C=O) groups excluding carboxylic acids is 2. The first kappa shape index (κ1) is 23.5. The Balaban J connectivity index is 1.66. The zero-order valence-electron chi connectivity index (χ0n) is 18.3. The largest absolute Gasteiger partial charge is 0.464 e. The molecule has 0 radical (unpaired) electrons. The Morgan fingerprint density at radius 2 is 2.12 bits per heavy atom. The zero-order valence-corrected chi connectivity index (χ0v) is 19.1. The summed E-state index contributed by atoms with van der Waals surface area (Å²) in [7, 11) is 0. The average Bonchev–Trinajstić information content (AvgIpc) is 3.30. The van der Waals surface area contributed by atoms with Crippen molar-refractivity contribution in [2.24, 2.45) is 0 Å². The molecule has 9 heteroatoms. The molecule has 0 aliphatic carbocycles. The summed E-state index contributed by atoms with van der Waals surface area (Å²) in [6.45, 7) is 4.38. The molecule has 0 saturated carbocycles. The molecule has 8 nitrogen and oxygen atoms in total. The first-order valence-electron chi connectivity index (χ1n) is 10.2. The smallest absolute Gasteiger partial charge is 0.332 e. The number of carbonyl (C=O) groups is 2. The molecule has 0 saturated heterocycles. The molecule has 1 aromatic carbocycles. The predicted molar refractivity (Wildman–Crippen MR) is 123 cm³/mol. The second-order valence-electron chi connectivity index (χ2n) is 6.95. The number of amides is 1. The van der Waals surface area contributed by atoms with Crippen LogP contribution in [0.15, 0.2) is 53.7 Å². The molecule has 0 spiro atoms. The van der Waals surface area contributed by atoms with E-state index < -0.39 is 0 Å². The van der Waals surface area contributed by atoms with Gasteiger partial charge in [0.15, 0.2) is 5.82 Å². The highest BCUT2D eigenvalue weighted by molar-refractivity contribution is 7.98. The topological polar surface area (TPSA) is 95.3 Å². The van der Waals surface area contributed by atoms with Crippen molar-refractivity contribution in [1.29, 1.82) is 0 Å². The van der Waals surface area contributed by atoms with Gasteiger partial charge < -0.3 is 14.8 Å². The molecule has 0 aliphatic rings. The predicted octanol–water partition coefficient (Wildman–Crippen LogP) is 3.79. The molecule has 32 heavy (non-hydrogen) atoms. The third-order valence-corrected chi connectivity index (χ3v) is 5.61. The summed E-state index contributed by atoms with van der Waals surface area (Å²) in [4.78, 5) is 27.6. The van der Waals surface area contributed by atoms with Gasteiger partial charge in [-0.2, -0.15) is 5.10 Å². The van der Waals surface area contributed by atoms with E-state index in [1.807, 2.05) is 42.8 Å². The number of hydrogen-bond acceptors (Lipinski definition) is 7. The van der Waals surface area contributed by atoms with Crippen LogP contribution in [0.25, 0.3) is 5.82 Å². The molecule has 1 atom stereocenters. The van der Waals surface area contributed by atoms with E-state index in [0.717, 1.165) is 27.4 Å². The SMILES string of the molecule is CCOC(=O)COCc1ccc(-n2ccc(C(C)c3ccc(NC=O)c(SC)c3)n2)nc1. The van der Waals surface area contributed by atoms with Gasteiger partial charge in [0, 0.05) is 23.2 Å². The number of anilines is 1. The molecular formula is C23H26N4O4S. The van der Waals surface area contributed by atoms with E-state index in [-0.39, 0.29) is 25.1 Å². The van der Waals surface area contributed by atoms with Gasteiger partial charge in [0.2, 0.25) is 6.41 Å². The van der Waals surface area contributed by atoms with Crippen LogP contribution in [0.1, 0.15) is 36.6 Å². The van der Waals surface area contributed by atoms with Gasteiger partial charge in [-0.25, -0.2) is 14.5 Å². The van der Waals surface area contributed by atoms with Crippen LogP contribution in [0.2, 0.25) is 0 Å². The van der Waals surface area contributed by atoms with Gasteiger partial charge in [0.1, 0.15) is 6.61 Å². The van der Waals surface area contributed by atoms with Crippen LogP contribution < -0.4 is 5.32 Å². The van der Waals surface area contributed by atoms with Crippen LogP contribution >= 0.6 is 11.8 Å². The molecule has 1 N–H and O–H groups in total. The van der Waals surface area contributed by atoms with E-state index >= 15 is 0 Å². The second-order valence-corrected chi connectivity index (χ2v) is 7.80. The van der Waals surface area contributed by atoms with Crippen LogP contribution in [0.4, 0.5) is 5.69 Å². The molecule has 1 unspecified atom stereocenters. The Morgan fingerprint density at radius 3 is 2.81 bits per heavy atom. The Kier molecular flexibility index (Phi) is 8.41. The highest BCUT2D eigenvalue weighted by atomic mass is 32.2. The minimum absolute atomic E-state index is 0.0722. The monoisotopic (exact) mass is 454 g/mol. The summed E-state index contributed by atoms with van der Waals surface area (Å²) in [6, 6.07) is 11.7. The van der Waals surface area contributed by atoms with Crippen LogP contribution in [0.5, 0.6) is 0 Å². The molecule has 168 valence electrons. The van der Waals surface area contributed by atoms with Crippen molar-refractivity contribution >= 4 is 29.8 Å². The maximum absolute atomic E-state index is 11.3. The number of rotatable bonds is 11. The lowest BCUT2D eigenvalue weighted by Gasteiger charge is -2.13. The number of pyridine rings is 1. The van der Waals surface area contributed by atoms with Crippen molar-refractivity contribution in [2.75, 3.05) is 24.8 Å². The Labute approximate surface area is 191 Å². The van der Waals surface area contributed by atoms with Gasteiger partial charge >= 0.3 is 5.97 Å². The standard InChI is InChI=1S/C23H26N4O4S/c1-4-31-23(29)14-30-13-17-5-8-22(24-12-17)27-10-9-19(26-27)16(2)18-6-7-20(25-15-28)21(11-18)32-3/h5-12,15-16H,4,13-14H2,1-3H3,(H,25,28). The Bertz CT molecular complexity index is 1050. The van der Waals surface area contributed by atoms with E-state index in [0.29, 0.717) is 18.8 Å². The summed E-state index contributed by atoms with van der Waals surface area (Å²) in [5, 5.41) is 7.42. The summed E-state index contributed by atoms with van der Waals surface area (Å²) in [6.07, 6.45) is 6.24. The van der Waals surface area contributed by atoms with Crippen molar-refractivity contribution in [1.82, 2.24) is 14.8 Å². The number of benzene rings is 1. The fourth-order valence-electron chi connectivity index (χ4n) is 3.12. The lowest BCUT2D eigenvalue weighted by molar-refractivity contribution is -0.148. The van der Waals surface area contributed by atoms with Crippen LogP contribution in [-0.2, 0) is 25.7 Å². The van der Waals surface area contributed by atoms with Gasteiger partial charge in [-0.3, -0.25) is 4.79 Å². The normalized spacial score (nSPS) is 11.7. The first-order chi connectivity index (χ1) is 15.5. The van der Waals surface area contributed by atoms with Gasteiger partial charge in [-0.1, -0.05) is 19.1 Å². The Hall–Kier alpha value is -3.17. The average molecular weight is 455 g/mol. The number of thioether (sulfide) groups is 1. The molecule has 1 amide bonds. The molecular weight excluding hydrogens is 428 g/mol. The number of esters is 1. The molecule has 0 fully saturated rings. The molecule has 3 rings (SSSR count). The van der Waals surface area contributed by atoms with E-state index in [1.54, 1.807) is 29.6 Å². The Morgan fingerprint density at radius 1 is 1.28 bits per heavy atom. The van der Waals surface area contributed by atoms with Crippen molar-refractivity contribution in [3.63, 3.8) is 0 Å². The highest BCUT2D eigenvalue weighted by Gasteiger charge is 2.14. The quantitative estimate of drug-likeness (QED) is 0.268.